The normalized spacial score (nSPS) is 19.5. The molecule has 2 atom stereocenters. The van der Waals surface area contributed by atoms with Gasteiger partial charge in [0.05, 0.1) is 5.92 Å². The van der Waals surface area contributed by atoms with Gasteiger partial charge in [0.2, 0.25) is 12.7 Å². The first kappa shape index (κ1) is 21.2. The number of nitrogens with zero attached hydrogens (tertiary/aromatic N) is 1. The fourth-order valence-corrected chi connectivity index (χ4v) is 4.16. The van der Waals surface area contributed by atoms with E-state index in [0.29, 0.717) is 43.3 Å². The largest absolute Gasteiger partial charge is 0.454 e. The standard InChI is InChI=1S/C24H28N2O5/c1-16-4-6-17(7-5-16)19-13-26(14-20(19)23(27)25-10-3-11-29-2)24(28)18-8-9-21-22(12-18)31-15-30-21/h4-9,12,19-20H,3,10-11,13-15H2,1-2H3,(H,25,27)/t19-,20+/m1/s1. The molecule has 31 heavy (non-hydrogen) atoms. The lowest BCUT2D eigenvalue weighted by Crippen LogP contribution is -2.36. The maximum atomic E-state index is 13.2. The van der Waals surface area contributed by atoms with E-state index in [1.807, 2.05) is 19.1 Å². The number of rotatable bonds is 7. The minimum Gasteiger partial charge on any atom is -0.454 e. The number of fused-ring (bicyclic) bond motifs is 1. The summed E-state index contributed by atoms with van der Waals surface area (Å²) in [6, 6.07) is 13.4. The Hall–Kier alpha value is -3.06. The quantitative estimate of drug-likeness (QED) is 0.692. The van der Waals surface area contributed by atoms with Gasteiger partial charge in [-0.1, -0.05) is 29.8 Å². The van der Waals surface area contributed by atoms with E-state index in [-0.39, 0.29) is 30.4 Å². The zero-order chi connectivity index (χ0) is 21.8. The van der Waals surface area contributed by atoms with E-state index in [1.54, 1.807) is 30.2 Å². The van der Waals surface area contributed by atoms with E-state index in [2.05, 4.69) is 17.4 Å². The number of aryl methyl sites for hydroxylation is 1. The third-order valence-electron chi connectivity index (χ3n) is 5.89. The molecule has 1 fully saturated rings. The van der Waals surface area contributed by atoms with Gasteiger partial charge in [0, 0.05) is 44.8 Å². The molecule has 1 saturated heterocycles. The van der Waals surface area contributed by atoms with Gasteiger partial charge in [0.1, 0.15) is 0 Å². The van der Waals surface area contributed by atoms with Crippen molar-refractivity contribution in [3.05, 3.63) is 59.2 Å². The first-order valence-electron chi connectivity index (χ1n) is 10.6. The second-order valence-corrected chi connectivity index (χ2v) is 8.04. The molecule has 0 radical (unpaired) electrons. The number of amides is 2. The lowest BCUT2D eigenvalue weighted by Gasteiger charge is -2.18. The van der Waals surface area contributed by atoms with Gasteiger partial charge >= 0.3 is 0 Å². The Kier molecular flexibility index (Phi) is 6.42. The van der Waals surface area contributed by atoms with Gasteiger partial charge < -0.3 is 24.4 Å². The van der Waals surface area contributed by atoms with Crippen LogP contribution in [0.2, 0.25) is 0 Å². The van der Waals surface area contributed by atoms with Crippen molar-refractivity contribution in [2.45, 2.75) is 19.3 Å². The molecule has 2 aromatic rings. The van der Waals surface area contributed by atoms with Gasteiger partial charge in [-0.25, -0.2) is 0 Å². The zero-order valence-electron chi connectivity index (χ0n) is 17.9. The Morgan fingerprint density at radius 1 is 1.10 bits per heavy atom. The minimum atomic E-state index is -0.303. The SMILES string of the molecule is COCCCNC(=O)[C@H]1CN(C(=O)c2ccc3c(c2)OCO3)C[C@@H]1c1ccc(C)cc1. The highest BCUT2D eigenvalue weighted by Crippen LogP contribution is 2.36. The van der Waals surface area contributed by atoms with Crippen LogP contribution in [0.5, 0.6) is 11.5 Å². The molecule has 7 heteroatoms. The van der Waals surface area contributed by atoms with Crippen molar-refractivity contribution in [1.82, 2.24) is 10.2 Å². The predicted molar refractivity (Wildman–Crippen MR) is 115 cm³/mol. The number of hydrogen-bond donors (Lipinski definition) is 1. The highest BCUT2D eigenvalue weighted by Gasteiger charge is 2.40. The summed E-state index contributed by atoms with van der Waals surface area (Å²) in [5.41, 5.74) is 2.77. The molecule has 2 aromatic carbocycles. The molecule has 2 heterocycles. The topological polar surface area (TPSA) is 77.1 Å². The Labute approximate surface area is 182 Å². The molecule has 0 saturated carbocycles. The molecule has 0 unspecified atom stereocenters. The molecular formula is C24H28N2O5. The van der Waals surface area contributed by atoms with Crippen molar-refractivity contribution >= 4 is 11.8 Å². The molecular weight excluding hydrogens is 396 g/mol. The summed E-state index contributed by atoms with van der Waals surface area (Å²) in [6.45, 7) is 4.22. The summed E-state index contributed by atoms with van der Waals surface area (Å²) < 4.78 is 15.8. The van der Waals surface area contributed by atoms with Crippen LogP contribution < -0.4 is 14.8 Å². The maximum absolute atomic E-state index is 13.2. The number of carbonyl (C=O) groups is 2. The average Bonchev–Trinajstić information content (AvgIpc) is 3.43. The van der Waals surface area contributed by atoms with Crippen LogP contribution >= 0.6 is 0 Å². The number of benzene rings is 2. The van der Waals surface area contributed by atoms with Crippen LogP contribution in [0.1, 0.15) is 33.8 Å². The van der Waals surface area contributed by atoms with Crippen LogP contribution in [0.25, 0.3) is 0 Å². The van der Waals surface area contributed by atoms with Gasteiger partial charge in [0.15, 0.2) is 11.5 Å². The molecule has 164 valence electrons. The number of likely N-dealkylation sites (tertiary alicyclic amines) is 1. The summed E-state index contributed by atoms with van der Waals surface area (Å²) in [7, 11) is 1.64. The van der Waals surface area contributed by atoms with Crippen LogP contribution in [0, 0.1) is 12.8 Å². The van der Waals surface area contributed by atoms with Gasteiger partial charge in [-0.3, -0.25) is 9.59 Å². The van der Waals surface area contributed by atoms with E-state index >= 15 is 0 Å². The average molecular weight is 424 g/mol. The van der Waals surface area contributed by atoms with Crippen molar-refractivity contribution in [1.29, 1.82) is 0 Å². The molecule has 2 aliphatic heterocycles. The van der Waals surface area contributed by atoms with Crippen LogP contribution in [0.4, 0.5) is 0 Å². The molecule has 2 aliphatic rings. The fourth-order valence-electron chi connectivity index (χ4n) is 4.16. The van der Waals surface area contributed by atoms with E-state index in [4.69, 9.17) is 14.2 Å². The summed E-state index contributed by atoms with van der Waals surface area (Å²) in [5, 5.41) is 3.01. The highest BCUT2D eigenvalue weighted by molar-refractivity contribution is 5.96. The van der Waals surface area contributed by atoms with E-state index in [0.717, 1.165) is 17.5 Å². The molecule has 2 amide bonds. The first-order chi connectivity index (χ1) is 15.1. The Balaban J connectivity index is 1.52. The van der Waals surface area contributed by atoms with Crippen LogP contribution in [-0.4, -0.2) is 56.9 Å². The number of methoxy groups -OCH3 is 1. The monoisotopic (exact) mass is 424 g/mol. The lowest BCUT2D eigenvalue weighted by atomic mass is 9.88. The van der Waals surface area contributed by atoms with Gasteiger partial charge in [-0.05, 0) is 37.1 Å². The first-order valence-corrected chi connectivity index (χ1v) is 10.6. The second-order valence-electron chi connectivity index (χ2n) is 8.04. The molecule has 0 spiro atoms. The van der Waals surface area contributed by atoms with Crippen LogP contribution in [-0.2, 0) is 9.53 Å². The fraction of sp³-hybridized carbons (Fsp3) is 0.417. The second kappa shape index (κ2) is 9.39. The van der Waals surface area contributed by atoms with Crippen molar-refractivity contribution in [2.24, 2.45) is 5.92 Å². The van der Waals surface area contributed by atoms with E-state index in [1.165, 1.54) is 0 Å². The third kappa shape index (κ3) is 4.66. The number of nitrogens with one attached hydrogen (secondary N) is 1. The number of hydrogen-bond acceptors (Lipinski definition) is 5. The number of carbonyl (C=O) groups excluding carboxylic acids is 2. The smallest absolute Gasteiger partial charge is 0.254 e. The van der Waals surface area contributed by atoms with Gasteiger partial charge in [0.25, 0.3) is 5.91 Å². The Morgan fingerprint density at radius 2 is 1.87 bits per heavy atom. The summed E-state index contributed by atoms with van der Waals surface area (Å²) in [4.78, 5) is 28.0. The van der Waals surface area contributed by atoms with Crippen molar-refractivity contribution < 1.29 is 23.8 Å². The molecule has 1 N–H and O–H groups in total. The summed E-state index contributed by atoms with van der Waals surface area (Å²) in [5.74, 6) is 0.730. The Morgan fingerprint density at radius 3 is 2.65 bits per heavy atom. The van der Waals surface area contributed by atoms with E-state index < -0.39 is 0 Å². The molecule has 0 aromatic heterocycles. The molecule has 0 aliphatic carbocycles. The summed E-state index contributed by atoms with van der Waals surface area (Å²) in [6.07, 6.45) is 0.754. The van der Waals surface area contributed by atoms with E-state index in [9.17, 15) is 9.59 Å². The maximum Gasteiger partial charge on any atom is 0.254 e. The third-order valence-corrected chi connectivity index (χ3v) is 5.89. The zero-order valence-corrected chi connectivity index (χ0v) is 17.9. The Bertz CT molecular complexity index is 943. The number of ether oxygens (including phenoxy) is 3. The summed E-state index contributed by atoms with van der Waals surface area (Å²) >= 11 is 0. The van der Waals surface area contributed by atoms with Crippen LogP contribution in [0.15, 0.2) is 42.5 Å². The van der Waals surface area contributed by atoms with Gasteiger partial charge in [-0.2, -0.15) is 0 Å². The predicted octanol–water partition coefficient (Wildman–Crippen LogP) is 2.73. The van der Waals surface area contributed by atoms with Crippen molar-refractivity contribution in [2.75, 3.05) is 40.1 Å². The van der Waals surface area contributed by atoms with Gasteiger partial charge in [-0.15, -0.1) is 0 Å². The molecule has 4 rings (SSSR count). The van der Waals surface area contributed by atoms with Crippen molar-refractivity contribution in [3.8, 4) is 11.5 Å². The molecule has 7 nitrogen and oxygen atoms in total. The van der Waals surface area contributed by atoms with Crippen molar-refractivity contribution in [3.63, 3.8) is 0 Å². The highest BCUT2D eigenvalue weighted by atomic mass is 16.7. The minimum absolute atomic E-state index is 0.0253. The lowest BCUT2D eigenvalue weighted by molar-refractivity contribution is -0.124. The van der Waals surface area contributed by atoms with Crippen LogP contribution in [0.3, 0.4) is 0 Å². The molecule has 0 bridgehead atoms.